The van der Waals surface area contributed by atoms with Crippen molar-refractivity contribution in [2.45, 2.75) is 65.6 Å². The van der Waals surface area contributed by atoms with Gasteiger partial charge in [0.05, 0.1) is 6.42 Å². The number of hydrogen-bond donors (Lipinski definition) is 1. The molecule has 0 aliphatic rings. The topological polar surface area (TPSA) is 102 Å². The van der Waals surface area contributed by atoms with Gasteiger partial charge in [0.25, 0.3) is 0 Å². The second-order valence-corrected chi connectivity index (χ2v) is 6.43. The Labute approximate surface area is 124 Å². The van der Waals surface area contributed by atoms with E-state index in [1.807, 2.05) is 0 Å². The predicted molar refractivity (Wildman–Crippen MR) is 76.4 cm³/mol. The summed E-state index contributed by atoms with van der Waals surface area (Å²) in [5.74, 6) is -1.93. The molecule has 21 heavy (non-hydrogen) atoms. The van der Waals surface area contributed by atoms with Crippen molar-refractivity contribution in [3.05, 3.63) is 0 Å². The van der Waals surface area contributed by atoms with E-state index in [0.29, 0.717) is 0 Å². The van der Waals surface area contributed by atoms with Gasteiger partial charge in [0, 0.05) is 6.42 Å². The number of hydrogen-bond acceptors (Lipinski definition) is 5. The normalized spacial score (nSPS) is 12.8. The van der Waals surface area contributed by atoms with Crippen LogP contribution in [-0.4, -0.2) is 40.1 Å². The van der Waals surface area contributed by atoms with Gasteiger partial charge in [0.15, 0.2) is 0 Å². The van der Waals surface area contributed by atoms with Crippen molar-refractivity contribution in [2.24, 2.45) is 4.99 Å². The number of ether oxygens (including phenoxy) is 2. The maximum atomic E-state index is 11.9. The van der Waals surface area contributed by atoms with Gasteiger partial charge < -0.3 is 14.6 Å². The third-order valence-corrected chi connectivity index (χ3v) is 1.83. The van der Waals surface area contributed by atoms with E-state index in [-0.39, 0.29) is 18.6 Å². The van der Waals surface area contributed by atoms with E-state index in [0.717, 1.165) is 0 Å². The lowest BCUT2D eigenvalue weighted by Crippen LogP contribution is -2.30. The first kappa shape index (κ1) is 19.1. The fraction of sp³-hybridized carbons (Fsp3) is 0.714. The van der Waals surface area contributed by atoms with Crippen LogP contribution in [0.1, 0.15) is 54.4 Å². The Morgan fingerprint density at radius 3 is 1.76 bits per heavy atom. The molecule has 0 aromatic rings. The summed E-state index contributed by atoms with van der Waals surface area (Å²) in [4.78, 5) is 37.7. The average molecular weight is 301 g/mol. The Hall–Kier alpha value is -1.92. The number of amides is 1. The standard InChI is InChI=1S/C14H23NO6/c1-13(2,3)20-11(18)9(7-8-10(16)17)15-12(19)21-14(4,5)6/h7-8H2,1-6H3,(H,16,17)/b15-9-. The second-order valence-electron chi connectivity index (χ2n) is 6.43. The SMILES string of the molecule is CC(C)(C)OC(=O)/N=C(/CCC(=O)O)C(=O)OC(C)(C)C. The highest BCUT2D eigenvalue weighted by atomic mass is 16.6. The van der Waals surface area contributed by atoms with E-state index in [4.69, 9.17) is 14.6 Å². The van der Waals surface area contributed by atoms with Crippen LogP contribution in [0, 0.1) is 0 Å². The second kappa shape index (κ2) is 7.19. The van der Waals surface area contributed by atoms with Crippen molar-refractivity contribution >= 4 is 23.7 Å². The molecule has 0 radical (unpaired) electrons. The van der Waals surface area contributed by atoms with Gasteiger partial charge in [-0.3, -0.25) is 4.79 Å². The zero-order valence-corrected chi connectivity index (χ0v) is 13.3. The zero-order valence-electron chi connectivity index (χ0n) is 13.3. The number of aliphatic imine (C=N–C) groups is 1. The molecular weight excluding hydrogens is 278 g/mol. The number of nitrogens with zero attached hydrogens (tertiary/aromatic N) is 1. The summed E-state index contributed by atoms with van der Waals surface area (Å²) in [7, 11) is 0. The average Bonchev–Trinajstić information content (AvgIpc) is 2.18. The lowest BCUT2D eigenvalue weighted by Gasteiger charge is -2.20. The van der Waals surface area contributed by atoms with Crippen molar-refractivity contribution in [2.75, 3.05) is 0 Å². The summed E-state index contributed by atoms with van der Waals surface area (Å²) >= 11 is 0. The minimum atomic E-state index is -1.10. The number of esters is 1. The lowest BCUT2D eigenvalue weighted by molar-refractivity contribution is -0.146. The van der Waals surface area contributed by atoms with Crippen LogP contribution >= 0.6 is 0 Å². The quantitative estimate of drug-likeness (QED) is 0.632. The zero-order chi connectivity index (χ0) is 16.8. The van der Waals surface area contributed by atoms with E-state index in [2.05, 4.69) is 4.99 Å². The minimum absolute atomic E-state index is 0.205. The van der Waals surface area contributed by atoms with Crippen molar-refractivity contribution < 1.29 is 29.0 Å². The molecule has 0 saturated heterocycles. The first-order chi connectivity index (χ1) is 9.30. The molecule has 120 valence electrons. The Morgan fingerprint density at radius 2 is 1.38 bits per heavy atom. The van der Waals surface area contributed by atoms with Crippen LogP contribution in [-0.2, 0) is 19.1 Å². The van der Waals surface area contributed by atoms with Crippen LogP contribution in [0.15, 0.2) is 4.99 Å². The fourth-order valence-electron chi connectivity index (χ4n) is 1.16. The summed E-state index contributed by atoms with van der Waals surface area (Å²) in [6.45, 7) is 9.95. The fourth-order valence-corrected chi connectivity index (χ4v) is 1.16. The van der Waals surface area contributed by atoms with Gasteiger partial charge in [0.1, 0.15) is 16.9 Å². The number of carboxylic acid groups (broad SMARTS) is 1. The van der Waals surface area contributed by atoms with Crippen molar-refractivity contribution in [1.29, 1.82) is 0 Å². The molecule has 1 amide bonds. The molecule has 0 aliphatic heterocycles. The van der Waals surface area contributed by atoms with Crippen LogP contribution in [0.4, 0.5) is 4.79 Å². The van der Waals surface area contributed by atoms with Crippen molar-refractivity contribution in [3.8, 4) is 0 Å². The number of carbonyl (C=O) groups is 3. The lowest BCUT2D eigenvalue weighted by atomic mass is 10.1. The van der Waals surface area contributed by atoms with Crippen molar-refractivity contribution in [3.63, 3.8) is 0 Å². The predicted octanol–water partition coefficient (Wildman–Crippen LogP) is 2.57. The first-order valence-electron chi connectivity index (χ1n) is 6.56. The molecule has 0 rings (SSSR count). The summed E-state index contributed by atoms with van der Waals surface area (Å²) in [5, 5.41) is 8.67. The highest BCUT2D eigenvalue weighted by Gasteiger charge is 2.24. The molecule has 0 unspecified atom stereocenters. The third kappa shape index (κ3) is 10.5. The van der Waals surface area contributed by atoms with Gasteiger partial charge in [-0.1, -0.05) is 0 Å². The molecule has 7 nitrogen and oxygen atoms in total. The number of rotatable bonds is 4. The molecule has 0 fully saturated rings. The number of aliphatic carboxylic acids is 1. The van der Waals surface area contributed by atoms with Crippen molar-refractivity contribution in [1.82, 2.24) is 0 Å². The summed E-state index contributed by atoms with van der Waals surface area (Å²) in [6.07, 6.45) is -1.49. The maximum absolute atomic E-state index is 11.9. The van der Waals surface area contributed by atoms with Crippen LogP contribution in [0.2, 0.25) is 0 Å². The monoisotopic (exact) mass is 301 g/mol. The molecule has 0 bridgehead atoms. The van der Waals surface area contributed by atoms with Gasteiger partial charge in [-0.2, -0.15) is 4.99 Å². The minimum Gasteiger partial charge on any atom is -0.481 e. The van der Waals surface area contributed by atoms with Gasteiger partial charge >= 0.3 is 18.0 Å². The smallest absolute Gasteiger partial charge is 0.434 e. The van der Waals surface area contributed by atoms with E-state index in [9.17, 15) is 14.4 Å². The van der Waals surface area contributed by atoms with E-state index < -0.39 is 29.2 Å². The number of carboxylic acids is 1. The van der Waals surface area contributed by atoms with Crippen LogP contribution in [0.5, 0.6) is 0 Å². The molecular formula is C14H23NO6. The van der Waals surface area contributed by atoms with Gasteiger partial charge in [-0.15, -0.1) is 0 Å². The Kier molecular flexibility index (Phi) is 6.53. The van der Waals surface area contributed by atoms with E-state index in [1.54, 1.807) is 41.5 Å². The Bertz CT molecular complexity index is 439. The van der Waals surface area contributed by atoms with E-state index in [1.165, 1.54) is 0 Å². The molecule has 7 heteroatoms. The largest absolute Gasteiger partial charge is 0.481 e. The van der Waals surface area contributed by atoms with Gasteiger partial charge in [-0.05, 0) is 41.5 Å². The molecule has 0 atom stereocenters. The van der Waals surface area contributed by atoms with Gasteiger partial charge in [-0.25, -0.2) is 9.59 Å². The molecule has 0 spiro atoms. The van der Waals surface area contributed by atoms with Gasteiger partial charge in [0.2, 0.25) is 0 Å². The summed E-state index contributed by atoms with van der Waals surface area (Å²) in [5.41, 5.74) is -1.79. The molecule has 1 N–H and O–H groups in total. The Balaban J connectivity index is 5.08. The molecule has 0 aliphatic carbocycles. The molecule has 0 heterocycles. The van der Waals surface area contributed by atoms with E-state index >= 15 is 0 Å². The van der Waals surface area contributed by atoms with Crippen LogP contribution < -0.4 is 0 Å². The van der Waals surface area contributed by atoms with Crippen LogP contribution in [0.3, 0.4) is 0 Å². The maximum Gasteiger partial charge on any atom is 0.434 e. The van der Waals surface area contributed by atoms with Crippen LogP contribution in [0.25, 0.3) is 0 Å². The first-order valence-corrected chi connectivity index (χ1v) is 6.56. The highest BCUT2D eigenvalue weighted by Crippen LogP contribution is 2.12. The summed E-state index contributed by atoms with van der Waals surface area (Å²) in [6, 6.07) is 0. The third-order valence-electron chi connectivity index (χ3n) is 1.83. The molecule has 0 aromatic carbocycles. The highest BCUT2D eigenvalue weighted by molar-refractivity contribution is 6.38. The molecule has 0 saturated carbocycles. The Morgan fingerprint density at radius 1 is 0.905 bits per heavy atom. The number of carbonyl (C=O) groups excluding carboxylic acids is 2. The summed E-state index contributed by atoms with van der Waals surface area (Å²) < 4.78 is 10.1. The molecule has 0 aromatic heterocycles.